The molecule has 0 aliphatic rings. The van der Waals surface area contributed by atoms with E-state index in [1.807, 2.05) is 12.2 Å². The van der Waals surface area contributed by atoms with Gasteiger partial charge >= 0.3 is 0 Å². The van der Waals surface area contributed by atoms with E-state index in [9.17, 15) is 10.2 Å². The number of rotatable bonds is 39. The summed E-state index contributed by atoms with van der Waals surface area (Å²) >= 11 is 0. The number of aromatic hydroxyl groups is 2. The summed E-state index contributed by atoms with van der Waals surface area (Å²) in [4.78, 5) is 0. The number of allylic oxidation sites excluding steroid dienone is 3. The standard InChI is InChI=1S/C50H88O2/c1-5-9-13-17-21-25-27-31-35-39-43-47-45(41-37-33-29-23-19-15-11-7-3)50(52)48(44-40-36-32-28-26-22-18-14-10-6-2)46(49(47)51)42-38-34-30-24-20-16-12-8-4/h5,8,39,43,51-52H,1,4,6-7,9-38,40-42,44H2,2-3H3/b43-39-. The van der Waals surface area contributed by atoms with Crippen molar-refractivity contribution in [1.29, 1.82) is 0 Å². The van der Waals surface area contributed by atoms with Crippen LogP contribution in [0.3, 0.4) is 0 Å². The van der Waals surface area contributed by atoms with Gasteiger partial charge in [-0.1, -0.05) is 192 Å². The minimum atomic E-state index is 0.471. The Morgan fingerprint density at radius 1 is 0.365 bits per heavy atom. The second-order valence-electron chi connectivity index (χ2n) is 16.0. The lowest BCUT2D eigenvalue weighted by Gasteiger charge is -2.21. The predicted octanol–water partition coefficient (Wildman–Crippen LogP) is 17.0. The molecule has 52 heavy (non-hydrogen) atoms. The molecule has 0 spiro atoms. The molecule has 0 saturated carbocycles. The molecule has 300 valence electrons. The first kappa shape index (κ1) is 48.1. The van der Waals surface area contributed by atoms with Crippen LogP contribution in [0.5, 0.6) is 11.5 Å². The fourth-order valence-electron chi connectivity index (χ4n) is 7.85. The van der Waals surface area contributed by atoms with Crippen molar-refractivity contribution in [2.24, 2.45) is 0 Å². The van der Waals surface area contributed by atoms with E-state index < -0.39 is 0 Å². The maximum atomic E-state index is 12.0. The third kappa shape index (κ3) is 24.4. The largest absolute Gasteiger partial charge is 0.507 e. The zero-order chi connectivity index (χ0) is 37.7. The van der Waals surface area contributed by atoms with Crippen molar-refractivity contribution in [2.75, 3.05) is 0 Å². The molecule has 0 amide bonds. The zero-order valence-corrected chi connectivity index (χ0v) is 35.1. The van der Waals surface area contributed by atoms with Gasteiger partial charge < -0.3 is 10.2 Å². The fraction of sp³-hybridized carbons (Fsp3) is 0.760. The Bertz CT molecular complexity index is 1000. The topological polar surface area (TPSA) is 40.5 Å². The molecule has 0 radical (unpaired) electrons. The van der Waals surface area contributed by atoms with Crippen LogP contribution in [0, 0.1) is 0 Å². The summed E-state index contributed by atoms with van der Waals surface area (Å²) in [7, 11) is 0. The van der Waals surface area contributed by atoms with Crippen molar-refractivity contribution < 1.29 is 10.2 Å². The minimum absolute atomic E-state index is 0.471. The lowest BCUT2D eigenvalue weighted by molar-refractivity contribution is 0.436. The van der Waals surface area contributed by atoms with Crippen LogP contribution in [0.2, 0.25) is 0 Å². The molecule has 0 aliphatic heterocycles. The SMILES string of the molecule is C=CCCCCCCCC/C=C\c1c(O)c(CCCCCCCCC=C)c(CCCCCCCCCCCC)c(O)c1CCCCCCCCCC. The Kier molecular flexibility index (Phi) is 33.3. The summed E-state index contributed by atoms with van der Waals surface area (Å²) in [6.07, 6.45) is 52.7. The summed E-state index contributed by atoms with van der Waals surface area (Å²) in [5, 5.41) is 24.1. The van der Waals surface area contributed by atoms with Crippen LogP contribution >= 0.6 is 0 Å². The van der Waals surface area contributed by atoms with Crippen LogP contribution in [0.15, 0.2) is 31.4 Å². The van der Waals surface area contributed by atoms with Crippen LogP contribution in [-0.2, 0) is 19.3 Å². The summed E-state index contributed by atoms with van der Waals surface area (Å²) in [5.41, 5.74) is 4.02. The van der Waals surface area contributed by atoms with E-state index in [1.54, 1.807) is 0 Å². The van der Waals surface area contributed by atoms with Crippen molar-refractivity contribution in [3.05, 3.63) is 53.6 Å². The molecule has 2 nitrogen and oxygen atoms in total. The van der Waals surface area contributed by atoms with Gasteiger partial charge in [0, 0.05) is 22.3 Å². The summed E-state index contributed by atoms with van der Waals surface area (Å²) in [5.74, 6) is 0.981. The van der Waals surface area contributed by atoms with Crippen molar-refractivity contribution in [3.8, 4) is 11.5 Å². The lowest BCUT2D eigenvalue weighted by atomic mass is 9.87. The Labute approximate surface area is 325 Å². The van der Waals surface area contributed by atoms with Gasteiger partial charge in [0.2, 0.25) is 0 Å². The van der Waals surface area contributed by atoms with Gasteiger partial charge in [-0.25, -0.2) is 0 Å². The van der Waals surface area contributed by atoms with Gasteiger partial charge in [0.25, 0.3) is 0 Å². The number of benzene rings is 1. The number of phenols is 2. The van der Waals surface area contributed by atoms with E-state index in [4.69, 9.17) is 0 Å². The second kappa shape index (κ2) is 36.0. The van der Waals surface area contributed by atoms with Crippen LogP contribution in [0.25, 0.3) is 6.08 Å². The number of hydrogen-bond donors (Lipinski definition) is 2. The van der Waals surface area contributed by atoms with Gasteiger partial charge in [-0.05, 0) is 77.0 Å². The molecular formula is C50H88O2. The first-order valence-electron chi connectivity index (χ1n) is 23.1. The number of unbranched alkanes of at least 4 members (excludes halogenated alkanes) is 29. The quantitative estimate of drug-likeness (QED) is 0.0404. The summed E-state index contributed by atoms with van der Waals surface area (Å²) < 4.78 is 0. The van der Waals surface area contributed by atoms with E-state index in [-0.39, 0.29) is 0 Å². The molecule has 0 fully saturated rings. The molecule has 0 aliphatic carbocycles. The predicted molar refractivity (Wildman–Crippen MR) is 234 cm³/mol. The van der Waals surface area contributed by atoms with E-state index >= 15 is 0 Å². The summed E-state index contributed by atoms with van der Waals surface area (Å²) in [6, 6.07) is 0. The van der Waals surface area contributed by atoms with E-state index in [0.717, 1.165) is 80.0 Å². The van der Waals surface area contributed by atoms with Crippen LogP contribution in [-0.4, -0.2) is 10.2 Å². The highest BCUT2D eigenvalue weighted by molar-refractivity contribution is 5.69. The molecular weight excluding hydrogens is 633 g/mol. The average Bonchev–Trinajstić information content (AvgIpc) is 3.15. The van der Waals surface area contributed by atoms with Crippen LogP contribution in [0.4, 0.5) is 0 Å². The van der Waals surface area contributed by atoms with Gasteiger partial charge in [-0.3, -0.25) is 0 Å². The first-order valence-corrected chi connectivity index (χ1v) is 23.1. The molecule has 0 atom stereocenters. The van der Waals surface area contributed by atoms with Gasteiger partial charge in [0.1, 0.15) is 11.5 Å². The minimum Gasteiger partial charge on any atom is -0.507 e. The van der Waals surface area contributed by atoms with Crippen molar-refractivity contribution >= 4 is 6.08 Å². The second-order valence-corrected chi connectivity index (χ2v) is 16.0. The Morgan fingerprint density at radius 3 is 1.06 bits per heavy atom. The monoisotopic (exact) mass is 721 g/mol. The highest BCUT2D eigenvalue weighted by Gasteiger charge is 2.22. The third-order valence-electron chi connectivity index (χ3n) is 11.3. The van der Waals surface area contributed by atoms with Crippen molar-refractivity contribution in [1.82, 2.24) is 0 Å². The fourth-order valence-corrected chi connectivity index (χ4v) is 7.85. The Morgan fingerprint density at radius 2 is 0.673 bits per heavy atom. The van der Waals surface area contributed by atoms with Gasteiger partial charge in [-0.15, -0.1) is 13.2 Å². The molecule has 2 N–H and O–H groups in total. The molecule has 1 aromatic carbocycles. The third-order valence-corrected chi connectivity index (χ3v) is 11.3. The smallest absolute Gasteiger partial charge is 0.126 e. The summed E-state index contributed by atoms with van der Waals surface area (Å²) in [6.45, 7) is 12.3. The van der Waals surface area contributed by atoms with Gasteiger partial charge in [0.05, 0.1) is 0 Å². The molecule has 0 unspecified atom stereocenters. The molecule has 0 heterocycles. The molecule has 1 rings (SSSR count). The van der Waals surface area contributed by atoms with Gasteiger partial charge in [0.15, 0.2) is 0 Å². The number of phenolic OH excluding ortho intramolecular Hbond substituents is 2. The number of hydrogen-bond acceptors (Lipinski definition) is 2. The van der Waals surface area contributed by atoms with Crippen LogP contribution in [0.1, 0.15) is 248 Å². The normalized spacial score (nSPS) is 11.6. The van der Waals surface area contributed by atoms with Crippen molar-refractivity contribution in [3.63, 3.8) is 0 Å². The maximum Gasteiger partial charge on any atom is 0.126 e. The van der Waals surface area contributed by atoms with Crippen LogP contribution < -0.4 is 0 Å². The average molecular weight is 721 g/mol. The Balaban J connectivity index is 3.04. The lowest BCUT2D eigenvalue weighted by Crippen LogP contribution is -2.04. The molecule has 0 saturated heterocycles. The van der Waals surface area contributed by atoms with Gasteiger partial charge in [-0.2, -0.15) is 0 Å². The van der Waals surface area contributed by atoms with E-state index in [2.05, 4.69) is 39.2 Å². The van der Waals surface area contributed by atoms with E-state index in [0.29, 0.717) is 11.5 Å². The van der Waals surface area contributed by atoms with E-state index in [1.165, 1.54) is 173 Å². The molecule has 2 heteroatoms. The highest BCUT2D eigenvalue weighted by atomic mass is 16.3. The first-order chi connectivity index (χ1) is 25.6. The molecule has 0 aromatic heterocycles. The highest BCUT2D eigenvalue weighted by Crippen LogP contribution is 2.41. The van der Waals surface area contributed by atoms with Crippen molar-refractivity contribution in [2.45, 2.75) is 245 Å². The Hall–Kier alpha value is -1.96. The zero-order valence-electron chi connectivity index (χ0n) is 35.1. The molecule has 0 bridgehead atoms. The molecule has 1 aromatic rings. The maximum absolute atomic E-state index is 12.0.